The molecule has 3 aromatic heterocycles. The first kappa shape index (κ1) is 23.8. The van der Waals surface area contributed by atoms with Crippen molar-refractivity contribution in [2.75, 3.05) is 38.1 Å². The summed E-state index contributed by atoms with van der Waals surface area (Å²) in [7, 11) is 2.14. The Bertz CT molecular complexity index is 1480. The van der Waals surface area contributed by atoms with Crippen molar-refractivity contribution in [1.82, 2.24) is 25.2 Å². The predicted octanol–water partition coefficient (Wildman–Crippen LogP) is 3.53. The monoisotopic (exact) mass is 484 g/mol. The first-order chi connectivity index (χ1) is 17.3. The van der Waals surface area contributed by atoms with E-state index in [0.29, 0.717) is 11.1 Å². The second-order valence-corrected chi connectivity index (χ2v) is 9.68. The van der Waals surface area contributed by atoms with Crippen LogP contribution in [0.3, 0.4) is 0 Å². The summed E-state index contributed by atoms with van der Waals surface area (Å²) in [5.41, 5.74) is 6.33. The quantitative estimate of drug-likeness (QED) is 0.403. The summed E-state index contributed by atoms with van der Waals surface area (Å²) in [6, 6.07) is 10.0. The average molecular weight is 485 g/mol. The SMILES string of the molecule is Cc1cc(C)c(CNC(=O)c2cc(-c3ccc(N4CCN(C)CC4)nc3)c3cc[nH]c3c2C)c(=O)[nH]1. The Morgan fingerprint density at radius 3 is 2.56 bits per heavy atom. The first-order valence-electron chi connectivity index (χ1n) is 12.3. The number of nitrogens with one attached hydrogen (secondary N) is 3. The van der Waals surface area contributed by atoms with Crippen LogP contribution in [0, 0.1) is 20.8 Å². The molecule has 0 radical (unpaired) electrons. The number of benzene rings is 1. The van der Waals surface area contributed by atoms with Gasteiger partial charge in [0.2, 0.25) is 0 Å². The van der Waals surface area contributed by atoms with Gasteiger partial charge in [-0.3, -0.25) is 9.59 Å². The molecule has 4 aromatic rings. The number of amides is 1. The van der Waals surface area contributed by atoms with Crippen LogP contribution in [-0.2, 0) is 6.54 Å². The van der Waals surface area contributed by atoms with Gasteiger partial charge in [0.25, 0.3) is 11.5 Å². The molecule has 1 aliphatic rings. The molecule has 1 aromatic carbocycles. The van der Waals surface area contributed by atoms with Crippen molar-refractivity contribution in [2.45, 2.75) is 27.3 Å². The molecule has 8 nitrogen and oxygen atoms in total. The number of aromatic amines is 2. The zero-order chi connectivity index (χ0) is 25.4. The maximum atomic E-state index is 13.3. The highest BCUT2D eigenvalue weighted by Crippen LogP contribution is 2.33. The zero-order valence-corrected chi connectivity index (χ0v) is 21.2. The number of anilines is 1. The minimum Gasteiger partial charge on any atom is -0.361 e. The summed E-state index contributed by atoms with van der Waals surface area (Å²) < 4.78 is 0. The number of carbonyl (C=O) groups is 1. The van der Waals surface area contributed by atoms with Gasteiger partial charge in [0.05, 0.1) is 0 Å². The molecule has 0 unspecified atom stereocenters. The van der Waals surface area contributed by atoms with Crippen LogP contribution in [0.5, 0.6) is 0 Å². The van der Waals surface area contributed by atoms with Gasteiger partial charge in [-0.25, -0.2) is 4.98 Å². The number of pyridine rings is 2. The molecule has 1 aliphatic heterocycles. The Hall–Kier alpha value is -3.91. The molecular weight excluding hydrogens is 452 g/mol. The lowest BCUT2D eigenvalue weighted by atomic mass is 9.95. The summed E-state index contributed by atoms with van der Waals surface area (Å²) in [6.07, 6.45) is 3.78. The fourth-order valence-corrected chi connectivity index (χ4v) is 4.98. The summed E-state index contributed by atoms with van der Waals surface area (Å²) in [5, 5.41) is 3.99. The van der Waals surface area contributed by atoms with Crippen LogP contribution >= 0.6 is 0 Å². The van der Waals surface area contributed by atoms with Crippen molar-refractivity contribution in [3.05, 3.63) is 81.0 Å². The molecule has 0 bridgehead atoms. The molecule has 186 valence electrons. The highest BCUT2D eigenvalue weighted by Gasteiger charge is 2.19. The molecule has 3 N–H and O–H groups in total. The molecule has 8 heteroatoms. The smallest absolute Gasteiger partial charge is 0.253 e. The highest BCUT2D eigenvalue weighted by atomic mass is 16.1. The summed E-state index contributed by atoms with van der Waals surface area (Å²) >= 11 is 0. The fraction of sp³-hybridized carbons (Fsp3) is 0.321. The minimum atomic E-state index is -0.216. The molecular formula is C28H32N6O2. The second kappa shape index (κ2) is 9.62. The number of nitrogens with zero attached hydrogens (tertiary/aromatic N) is 3. The van der Waals surface area contributed by atoms with Gasteiger partial charge < -0.3 is 25.1 Å². The number of likely N-dealkylation sites (N-methyl/N-ethyl adjacent to an activating group) is 1. The van der Waals surface area contributed by atoms with Gasteiger partial charge in [0.15, 0.2) is 0 Å². The van der Waals surface area contributed by atoms with Gasteiger partial charge in [-0.05, 0) is 74.8 Å². The van der Waals surface area contributed by atoms with Gasteiger partial charge in [-0.2, -0.15) is 0 Å². The van der Waals surface area contributed by atoms with Gasteiger partial charge in [0.1, 0.15) is 5.82 Å². The Kier molecular flexibility index (Phi) is 6.36. The van der Waals surface area contributed by atoms with Crippen molar-refractivity contribution >= 4 is 22.6 Å². The van der Waals surface area contributed by atoms with E-state index in [1.807, 2.05) is 51.4 Å². The molecule has 1 amide bonds. The first-order valence-corrected chi connectivity index (χ1v) is 12.3. The third-order valence-corrected chi connectivity index (χ3v) is 7.16. The van der Waals surface area contributed by atoms with Crippen molar-refractivity contribution < 1.29 is 4.79 Å². The second-order valence-electron chi connectivity index (χ2n) is 9.68. The van der Waals surface area contributed by atoms with E-state index in [1.54, 1.807) is 0 Å². The molecule has 0 spiro atoms. The maximum Gasteiger partial charge on any atom is 0.253 e. The molecule has 36 heavy (non-hydrogen) atoms. The summed E-state index contributed by atoms with van der Waals surface area (Å²) in [4.78, 5) is 41.2. The Balaban J connectivity index is 1.44. The number of piperazine rings is 1. The van der Waals surface area contributed by atoms with Gasteiger partial charge in [-0.15, -0.1) is 0 Å². The Morgan fingerprint density at radius 2 is 1.86 bits per heavy atom. The van der Waals surface area contributed by atoms with Crippen LogP contribution in [0.1, 0.15) is 32.7 Å². The number of H-pyrrole nitrogens is 2. The number of hydrogen-bond acceptors (Lipinski definition) is 5. The largest absolute Gasteiger partial charge is 0.361 e. The number of hydrogen-bond donors (Lipinski definition) is 3. The van der Waals surface area contributed by atoms with Gasteiger partial charge >= 0.3 is 0 Å². The number of carbonyl (C=O) groups excluding carboxylic acids is 1. The van der Waals surface area contributed by atoms with Crippen LogP contribution in [0.25, 0.3) is 22.0 Å². The van der Waals surface area contributed by atoms with E-state index in [4.69, 9.17) is 4.98 Å². The third-order valence-electron chi connectivity index (χ3n) is 7.16. The highest BCUT2D eigenvalue weighted by molar-refractivity contribution is 6.06. The van der Waals surface area contributed by atoms with Gasteiger partial charge in [0, 0.05) is 78.4 Å². The average Bonchev–Trinajstić information content (AvgIpc) is 3.35. The Labute approximate surface area is 210 Å². The lowest BCUT2D eigenvalue weighted by molar-refractivity contribution is 0.0950. The Morgan fingerprint density at radius 1 is 1.08 bits per heavy atom. The molecule has 1 fully saturated rings. The minimum absolute atomic E-state index is 0.166. The van der Waals surface area contributed by atoms with Crippen LogP contribution in [0.15, 0.2) is 47.5 Å². The molecule has 5 rings (SSSR count). The maximum absolute atomic E-state index is 13.3. The van der Waals surface area contributed by atoms with E-state index >= 15 is 0 Å². The lowest BCUT2D eigenvalue weighted by Gasteiger charge is -2.33. The van der Waals surface area contributed by atoms with E-state index in [9.17, 15) is 9.59 Å². The van der Waals surface area contributed by atoms with E-state index in [2.05, 4.69) is 44.3 Å². The molecule has 0 aliphatic carbocycles. The van der Waals surface area contributed by atoms with Crippen molar-refractivity contribution in [3.63, 3.8) is 0 Å². The molecule has 0 saturated carbocycles. The predicted molar refractivity (Wildman–Crippen MR) is 144 cm³/mol. The topological polar surface area (TPSA) is 97.1 Å². The molecule has 0 atom stereocenters. The lowest BCUT2D eigenvalue weighted by Crippen LogP contribution is -2.44. The fourth-order valence-electron chi connectivity index (χ4n) is 4.98. The summed E-state index contributed by atoms with van der Waals surface area (Å²) in [6.45, 7) is 9.81. The van der Waals surface area contributed by atoms with E-state index in [-0.39, 0.29) is 18.0 Å². The zero-order valence-electron chi connectivity index (χ0n) is 21.2. The van der Waals surface area contributed by atoms with Crippen molar-refractivity contribution in [1.29, 1.82) is 0 Å². The number of rotatable bonds is 5. The third kappa shape index (κ3) is 4.52. The van der Waals surface area contributed by atoms with Crippen LogP contribution in [0.2, 0.25) is 0 Å². The van der Waals surface area contributed by atoms with E-state index in [1.165, 1.54) is 0 Å². The normalized spacial score (nSPS) is 14.4. The van der Waals surface area contributed by atoms with E-state index < -0.39 is 0 Å². The van der Waals surface area contributed by atoms with Crippen LogP contribution in [0.4, 0.5) is 5.82 Å². The van der Waals surface area contributed by atoms with Crippen molar-refractivity contribution in [2.24, 2.45) is 0 Å². The molecule has 1 saturated heterocycles. The summed E-state index contributed by atoms with van der Waals surface area (Å²) in [5.74, 6) is 0.757. The van der Waals surface area contributed by atoms with Gasteiger partial charge in [-0.1, -0.05) is 0 Å². The number of fused-ring (bicyclic) bond motifs is 1. The molecule has 4 heterocycles. The van der Waals surface area contributed by atoms with Crippen LogP contribution < -0.4 is 15.8 Å². The standard InChI is InChI=1S/C28H32N6O2/c1-17-13-18(2)32-28(36)24(17)16-31-27(35)22-14-23(21-7-8-29-26(21)19(22)3)20-5-6-25(30-15-20)34-11-9-33(4)10-12-34/h5-8,13-15,29H,9-12,16H2,1-4H3,(H,31,35)(H,32,36). The number of aromatic nitrogens is 3. The van der Waals surface area contributed by atoms with E-state index in [0.717, 1.165) is 70.8 Å². The van der Waals surface area contributed by atoms with Crippen molar-refractivity contribution in [3.8, 4) is 11.1 Å². The van der Waals surface area contributed by atoms with Crippen LogP contribution in [-0.4, -0.2) is 59.0 Å². The number of aryl methyl sites for hydroxylation is 3.